The third kappa shape index (κ3) is 4.48. The van der Waals surface area contributed by atoms with Crippen molar-refractivity contribution in [3.05, 3.63) is 78.1 Å². The lowest BCUT2D eigenvalue weighted by Crippen LogP contribution is -2.47. The molecule has 0 radical (unpaired) electrons. The Morgan fingerprint density at radius 1 is 1.04 bits per heavy atom. The molecule has 7 heteroatoms. The zero-order valence-electron chi connectivity index (χ0n) is 15.6. The van der Waals surface area contributed by atoms with Gasteiger partial charge in [-0.05, 0) is 47.5 Å². The van der Waals surface area contributed by atoms with Gasteiger partial charge in [-0.15, -0.1) is 0 Å². The maximum atomic E-state index is 13.6. The van der Waals surface area contributed by atoms with Crippen LogP contribution in [0.5, 0.6) is 0 Å². The van der Waals surface area contributed by atoms with Crippen molar-refractivity contribution in [1.29, 1.82) is 0 Å². The van der Waals surface area contributed by atoms with Crippen molar-refractivity contribution in [2.75, 3.05) is 10.6 Å². The number of fused-ring (bicyclic) bond motifs is 1. The van der Waals surface area contributed by atoms with Crippen LogP contribution in [-0.2, 0) is 21.4 Å². The van der Waals surface area contributed by atoms with Crippen molar-refractivity contribution in [3.63, 3.8) is 0 Å². The van der Waals surface area contributed by atoms with Crippen LogP contribution in [0.4, 0.5) is 10.1 Å². The van der Waals surface area contributed by atoms with Gasteiger partial charge in [-0.25, -0.2) is 12.8 Å². The summed E-state index contributed by atoms with van der Waals surface area (Å²) in [5.41, 5.74) is 1.01. The molecule has 0 fully saturated rings. The summed E-state index contributed by atoms with van der Waals surface area (Å²) in [5, 5.41) is 4.91. The fourth-order valence-electron chi connectivity index (χ4n) is 3.11. The summed E-state index contributed by atoms with van der Waals surface area (Å²) < 4.78 is 38.9. The van der Waals surface area contributed by atoms with Gasteiger partial charge in [-0.3, -0.25) is 9.10 Å². The van der Waals surface area contributed by atoms with Gasteiger partial charge in [0.25, 0.3) is 0 Å². The normalized spacial score (nSPS) is 12.5. The van der Waals surface area contributed by atoms with E-state index >= 15 is 0 Å². The highest BCUT2D eigenvalue weighted by Crippen LogP contribution is 2.22. The number of benzene rings is 3. The number of sulfonamides is 1. The minimum absolute atomic E-state index is 0.107. The first kappa shape index (κ1) is 19.8. The number of nitrogens with one attached hydrogen (secondary N) is 1. The van der Waals surface area contributed by atoms with Crippen LogP contribution in [0.25, 0.3) is 10.8 Å². The number of carbonyl (C=O) groups excluding carboxylic acids is 1. The number of carbonyl (C=O) groups is 1. The molecule has 0 unspecified atom stereocenters. The molecule has 0 spiro atoms. The Labute approximate surface area is 163 Å². The molecule has 1 atom stereocenters. The van der Waals surface area contributed by atoms with E-state index < -0.39 is 27.8 Å². The smallest absolute Gasteiger partial charge is 0.243 e. The van der Waals surface area contributed by atoms with Gasteiger partial charge in [-0.2, -0.15) is 0 Å². The Balaban J connectivity index is 1.77. The molecule has 1 N–H and O–H groups in total. The van der Waals surface area contributed by atoms with E-state index in [1.807, 2.05) is 42.5 Å². The standard InChI is InChI=1S/C21H21FN2O3S/c1-15(24(28(2,26)27)20-9-5-8-19(22)13-20)21(25)23-14-16-10-11-17-6-3-4-7-18(17)12-16/h3-13,15H,14H2,1-2H3,(H,23,25)/t15-/m1/s1. The zero-order chi connectivity index (χ0) is 20.3. The van der Waals surface area contributed by atoms with Crippen LogP contribution >= 0.6 is 0 Å². The first-order chi connectivity index (χ1) is 13.3. The minimum atomic E-state index is -3.78. The second kappa shape index (κ2) is 7.98. The van der Waals surface area contributed by atoms with E-state index in [1.165, 1.54) is 25.1 Å². The summed E-state index contributed by atoms with van der Waals surface area (Å²) in [4.78, 5) is 12.6. The maximum Gasteiger partial charge on any atom is 0.243 e. The highest BCUT2D eigenvalue weighted by atomic mass is 32.2. The molecule has 0 heterocycles. The molecule has 3 aromatic rings. The summed E-state index contributed by atoms with van der Waals surface area (Å²) in [6, 6.07) is 17.9. The van der Waals surface area contributed by atoms with E-state index in [2.05, 4.69) is 5.32 Å². The molecular weight excluding hydrogens is 379 g/mol. The van der Waals surface area contributed by atoms with Crippen molar-refractivity contribution in [1.82, 2.24) is 5.32 Å². The Bertz CT molecular complexity index is 1120. The number of hydrogen-bond acceptors (Lipinski definition) is 3. The molecule has 3 aromatic carbocycles. The van der Waals surface area contributed by atoms with E-state index in [4.69, 9.17) is 0 Å². The van der Waals surface area contributed by atoms with Gasteiger partial charge in [0.1, 0.15) is 11.9 Å². The van der Waals surface area contributed by atoms with Gasteiger partial charge < -0.3 is 5.32 Å². The summed E-state index contributed by atoms with van der Waals surface area (Å²) in [7, 11) is -3.78. The largest absolute Gasteiger partial charge is 0.350 e. The summed E-state index contributed by atoms with van der Waals surface area (Å²) in [6.45, 7) is 1.73. The molecular formula is C21H21FN2O3S. The van der Waals surface area contributed by atoms with E-state index in [-0.39, 0.29) is 12.2 Å². The molecule has 0 aliphatic heterocycles. The molecule has 0 saturated carbocycles. The molecule has 3 rings (SSSR count). The van der Waals surface area contributed by atoms with E-state index in [0.29, 0.717) is 0 Å². The van der Waals surface area contributed by atoms with Gasteiger partial charge in [0.15, 0.2) is 0 Å². The highest BCUT2D eigenvalue weighted by molar-refractivity contribution is 7.92. The fraction of sp³-hybridized carbons (Fsp3) is 0.190. The van der Waals surface area contributed by atoms with Crippen LogP contribution in [0.3, 0.4) is 0 Å². The number of nitrogens with zero attached hydrogens (tertiary/aromatic N) is 1. The third-order valence-electron chi connectivity index (χ3n) is 4.43. The van der Waals surface area contributed by atoms with Gasteiger partial charge in [-0.1, -0.05) is 42.5 Å². The Kier molecular flexibility index (Phi) is 5.65. The minimum Gasteiger partial charge on any atom is -0.350 e. The van der Waals surface area contributed by atoms with Crippen molar-refractivity contribution in [2.24, 2.45) is 0 Å². The van der Waals surface area contributed by atoms with Crippen LogP contribution in [0.2, 0.25) is 0 Å². The van der Waals surface area contributed by atoms with E-state index in [9.17, 15) is 17.6 Å². The Morgan fingerprint density at radius 2 is 1.75 bits per heavy atom. The number of anilines is 1. The Hall–Kier alpha value is -2.93. The Morgan fingerprint density at radius 3 is 2.43 bits per heavy atom. The van der Waals surface area contributed by atoms with Crippen LogP contribution in [0, 0.1) is 5.82 Å². The summed E-state index contributed by atoms with van der Waals surface area (Å²) >= 11 is 0. The van der Waals surface area contributed by atoms with Crippen LogP contribution < -0.4 is 9.62 Å². The van der Waals surface area contributed by atoms with Crippen LogP contribution in [0.15, 0.2) is 66.7 Å². The average Bonchev–Trinajstić information content (AvgIpc) is 2.65. The molecule has 0 saturated heterocycles. The molecule has 5 nitrogen and oxygen atoms in total. The summed E-state index contributed by atoms with van der Waals surface area (Å²) in [6.07, 6.45) is 0.991. The van der Waals surface area contributed by atoms with Gasteiger partial charge in [0, 0.05) is 6.54 Å². The van der Waals surface area contributed by atoms with Crippen LogP contribution in [0.1, 0.15) is 12.5 Å². The van der Waals surface area contributed by atoms with E-state index in [0.717, 1.165) is 33.0 Å². The first-order valence-electron chi connectivity index (χ1n) is 8.76. The molecule has 0 aromatic heterocycles. The van der Waals surface area contributed by atoms with Crippen molar-refractivity contribution in [2.45, 2.75) is 19.5 Å². The fourth-order valence-corrected chi connectivity index (χ4v) is 4.27. The molecule has 0 aliphatic rings. The highest BCUT2D eigenvalue weighted by Gasteiger charge is 2.29. The predicted molar refractivity (Wildman–Crippen MR) is 109 cm³/mol. The SMILES string of the molecule is C[C@H](C(=O)NCc1ccc2ccccc2c1)N(c1cccc(F)c1)S(C)(=O)=O. The van der Waals surface area contributed by atoms with Crippen LogP contribution in [-0.4, -0.2) is 26.6 Å². The molecule has 0 bridgehead atoms. The van der Waals surface area contributed by atoms with Gasteiger partial charge in [0.05, 0.1) is 11.9 Å². The first-order valence-corrected chi connectivity index (χ1v) is 10.6. The monoisotopic (exact) mass is 400 g/mol. The molecule has 0 aliphatic carbocycles. The second-order valence-electron chi connectivity index (χ2n) is 6.61. The molecule has 1 amide bonds. The molecule has 28 heavy (non-hydrogen) atoms. The number of hydrogen-bond donors (Lipinski definition) is 1. The van der Waals surface area contributed by atoms with Crippen molar-refractivity contribution < 1.29 is 17.6 Å². The lowest BCUT2D eigenvalue weighted by atomic mass is 10.1. The number of rotatable bonds is 6. The second-order valence-corrected chi connectivity index (χ2v) is 8.47. The zero-order valence-corrected chi connectivity index (χ0v) is 16.4. The van der Waals surface area contributed by atoms with E-state index in [1.54, 1.807) is 0 Å². The molecule has 146 valence electrons. The quantitative estimate of drug-likeness (QED) is 0.689. The van der Waals surface area contributed by atoms with Gasteiger partial charge in [0.2, 0.25) is 15.9 Å². The predicted octanol–water partition coefficient (Wildman–Crippen LogP) is 3.45. The third-order valence-corrected chi connectivity index (χ3v) is 5.67. The number of halogens is 1. The van der Waals surface area contributed by atoms with Crippen molar-refractivity contribution >= 4 is 32.4 Å². The van der Waals surface area contributed by atoms with Gasteiger partial charge >= 0.3 is 0 Å². The lowest BCUT2D eigenvalue weighted by molar-refractivity contribution is -0.122. The topological polar surface area (TPSA) is 66.5 Å². The maximum absolute atomic E-state index is 13.6. The summed E-state index contributed by atoms with van der Waals surface area (Å²) in [5.74, 6) is -1.04. The number of amides is 1. The van der Waals surface area contributed by atoms with Crippen molar-refractivity contribution in [3.8, 4) is 0 Å². The average molecular weight is 400 g/mol. The lowest BCUT2D eigenvalue weighted by Gasteiger charge is -2.28.